The van der Waals surface area contributed by atoms with E-state index in [4.69, 9.17) is 9.84 Å². The van der Waals surface area contributed by atoms with Crippen LogP contribution in [0.3, 0.4) is 0 Å². The van der Waals surface area contributed by atoms with Crippen LogP contribution in [0.25, 0.3) is 10.8 Å². The molecular weight excluding hydrogens is 382 g/mol. The summed E-state index contributed by atoms with van der Waals surface area (Å²) in [5.41, 5.74) is -0.344. The summed E-state index contributed by atoms with van der Waals surface area (Å²) < 4.78 is 35.1. The van der Waals surface area contributed by atoms with Crippen molar-refractivity contribution in [3.8, 4) is 5.88 Å². The Morgan fingerprint density at radius 2 is 1.93 bits per heavy atom. The quantitative estimate of drug-likeness (QED) is 0.571. The van der Waals surface area contributed by atoms with Crippen LogP contribution in [0.2, 0.25) is 0 Å². The Bertz CT molecular complexity index is 1060. The van der Waals surface area contributed by atoms with Gasteiger partial charge < -0.3 is 20.3 Å². The Hall–Kier alpha value is -3.26. The van der Waals surface area contributed by atoms with Crippen molar-refractivity contribution in [3.63, 3.8) is 0 Å². The summed E-state index contributed by atoms with van der Waals surface area (Å²) >= 11 is 0. The predicted octanol–water partition coefficient (Wildman–Crippen LogP) is 4.32. The van der Waals surface area contributed by atoms with Gasteiger partial charge >= 0.3 is 6.09 Å². The number of nitrogens with zero attached hydrogens (tertiary/aromatic N) is 1. The third kappa shape index (κ3) is 3.97. The molecule has 3 aromatic rings. The van der Waals surface area contributed by atoms with Gasteiger partial charge in [0.1, 0.15) is 17.7 Å². The second-order valence-electron chi connectivity index (χ2n) is 6.43. The first-order chi connectivity index (χ1) is 13.8. The van der Waals surface area contributed by atoms with Gasteiger partial charge in [-0.05, 0) is 43.0 Å². The minimum atomic E-state index is -1.62. The highest BCUT2D eigenvalue weighted by Crippen LogP contribution is 2.35. The number of hydrogen-bond acceptors (Lipinski definition) is 4. The molecule has 29 heavy (non-hydrogen) atoms. The van der Waals surface area contributed by atoms with Gasteiger partial charge in [-0.1, -0.05) is 18.2 Å². The number of aromatic nitrogens is 1. The van der Waals surface area contributed by atoms with E-state index in [-0.39, 0.29) is 11.1 Å². The Morgan fingerprint density at radius 1 is 1.17 bits per heavy atom. The Labute approximate surface area is 165 Å². The lowest BCUT2D eigenvalue weighted by Crippen LogP contribution is -2.25. The molecule has 0 saturated heterocycles. The second kappa shape index (κ2) is 8.40. The number of rotatable bonds is 6. The standard InChI is InChI=1S/C21H20F2N2O4/c1-3-29-20-15-6-4-5-14(13(15)9-10-24-20)19(26)17-16(22)8-7-12(18(17)23)11(2)25-21(27)28/h4-11,19,25-26H,3H2,1-2H3,(H,27,28)/t11-,19?/m1/s1. The number of benzene rings is 2. The average molecular weight is 402 g/mol. The number of aliphatic hydroxyl groups excluding tert-OH is 1. The van der Waals surface area contributed by atoms with Gasteiger partial charge in [-0.25, -0.2) is 18.6 Å². The third-order valence-corrected chi connectivity index (χ3v) is 4.62. The average Bonchev–Trinajstić information content (AvgIpc) is 2.67. The van der Waals surface area contributed by atoms with E-state index in [2.05, 4.69) is 10.3 Å². The van der Waals surface area contributed by atoms with Crippen molar-refractivity contribution in [1.82, 2.24) is 10.3 Å². The molecule has 0 aliphatic rings. The van der Waals surface area contributed by atoms with Gasteiger partial charge in [0.05, 0.1) is 18.2 Å². The summed E-state index contributed by atoms with van der Waals surface area (Å²) in [6, 6.07) is 7.81. The topological polar surface area (TPSA) is 91.7 Å². The summed E-state index contributed by atoms with van der Waals surface area (Å²) in [5.74, 6) is -1.58. The number of halogens is 2. The molecule has 1 unspecified atom stereocenters. The van der Waals surface area contributed by atoms with Crippen LogP contribution in [0.1, 0.15) is 42.7 Å². The summed E-state index contributed by atoms with van der Waals surface area (Å²) in [4.78, 5) is 15.0. The van der Waals surface area contributed by atoms with Gasteiger partial charge in [0, 0.05) is 17.1 Å². The lowest BCUT2D eigenvalue weighted by Gasteiger charge is -2.20. The molecule has 0 fully saturated rings. The van der Waals surface area contributed by atoms with Crippen molar-refractivity contribution in [2.45, 2.75) is 26.0 Å². The van der Waals surface area contributed by atoms with Crippen molar-refractivity contribution in [3.05, 3.63) is 70.9 Å². The van der Waals surface area contributed by atoms with Gasteiger partial charge in [0.15, 0.2) is 0 Å². The molecule has 0 saturated carbocycles. The zero-order chi connectivity index (χ0) is 21.1. The van der Waals surface area contributed by atoms with Crippen LogP contribution in [0.4, 0.5) is 13.6 Å². The molecule has 3 N–H and O–H groups in total. The molecule has 0 spiro atoms. The van der Waals surface area contributed by atoms with Crippen LogP contribution in [-0.4, -0.2) is 27.9 Å². The van der Waals surface area contributed by atoms with E-state index in [1.807, 2.05) is 6.92 Å². The lowest BCUT2D eigenvalue weighted by atomic mass is 9.93. The van der Waals surface area contributed by atoms with E-state index in [0.29, 0.717) is 23.3 Å². The summed E-state index contributed by atoms with van der Waals surface area (Å²) in [5, 5.41) is 23.0. The fourth-order valence-electron chi connectivity index (χ4n) is 3.28. The number of amides is 1. The zero-order valence-electron chi connectivity index (χ0n) is 15.8. The molecule has 2 atom stereocenters. The second-order valence-corrected chi connectivity index (χ2v) is 6.43. The zero-order valence-corrected chi connectivity index (χ0v) is 15.8. The molecule has 1 heterocycles. The molecule has 0 aliphatic heterocycles. The Balaban J connectivity index is 2.13. The maximum Gasteiger partial charge on any atom is 0.405 e. The van der Waals surface area contributed by atoms with Gasteiger partial charge in [-0.15, -0.1) is 0 Å². The van der Waals surface area contributed by atoms with E-state index in [1.165, 1.54) is 13.1 Å². The highest BCUT2D eigenvalue weighted by molar-refractivity contribution is 5.90. The number of carboxylic acid groups (broad SMARTS) is 1. The number of pyridine rings is 1. The highest BCUT2D eigenvalue weighted by atomic mass is 19.1. The van der Waals surface area contributed by atoms with E-state index >= 15 is 4.39 Å². The Morgan fingerprint density at radius 3 is 2.62 bits per heavy atom. The van der Waals surface area contributed by atoms with Crippen LogP contribution in [0.15, 0.2) is 42.6 Å². The summed E-state index contributed by atoms with van der Waals surface area (Å²) in [7, 11) is 0. The van der Waals surface area contributed by atoms with Crippen LogP contribution >= 0.6 is 0 Å². The molecule has 152 valence electrons. The van der Waals surface area contributed by atoms with Crippen LogP contribution in [0.5, 0.6) is 5.88 Å². The van der Waals surface area contributed by atoms with Crippen molar-refractivity contribution >= 4 is 16.9 Å². The third-order valence-electron chi connectivity index (χ3n) is 4.62. The van der Waals surface area contributed by atoms with Crippen molar-refractivity contribution in [2.75, 3.05) is 6.61 Å². The molecule has 0 bridgehead atoms. The van der Waals surface area contributed by atoms with Gasteiger partial charge in [-0.2, -0.15) is 0 Å². The van der Waals surface area contributed by atoms with Crippen molar-refractivity contribution in [1.29, 1.82) is 0 Å². The minimum Gasteiger partial charge on any atom is -0.478 e. The molecule has 6 nitrogen and oxygen atoms in total. The first-order valence-corrected chi connectivity index (χ1v) is 9.00. The maximum absolute atomic E-state index is 15.1. The minimum absolute atomic E-state index is 0.0697. The normalized spacial score (nSPS) is 13.1. The number of aliphatic hydroxyl groups is 1. The molecule has 2 aromatic carbocycles. The fourth-order valence-corrected chi connectivity index (χ4v) is 3.28. The number of nitrogens with one attached hydrogen (secondary N) is 1. The van der Waals surface area contributed by atoms with Crippen LogP contribution in [-0.2, 0) is 0 Å². The van der Waals surface area contributed by atoms with E-state index < -0.39 is 35.4 Å². The first-order valence-electron chi connectivity index (χ1n) is 9.00. The molecule has 1 amide bonds. The number of fused-ring (bicyclic) bond motifs is 1. The van der Waals surface area contributed by atoms with Crippen molar-refractivity contribution < 1.29 is 28.5 Å². The van der Waals surface area contributed by atoms with Gasteiger partial charge in [-0.3, -0.25) is 0 Å². The molecule has 8 heteroatoms. The van der Waals surface area contributed by atoms with Crippen LogP contribution < -0.4 is 10.1 Å². The van der Waals surface area contributed by atoms with Crippen LogP contribution in [0, 0.1) is 11.6 Å². The maximum atomic E-state index is 15.1. The van der Waals surface area contributed by atoms with Crippen molar-refractivity contribution in [2.24, 2.45) is 0 Å². The van der Waals surface area contributed by atoms with E-state index in [9.17, 15) is 14.3 Å². The summed E-state index contributed by atoms with van der Waals surface area (Å²) in [6.45, 7) is 3.62. The van der Waals surface area contributed by atoms with E-state index in [1.54, 1.807) is 24.3 Å². The SMILES string of the molecule is CCOc1nccc2c(C(O)c3c(F)ccc([C@@H](C)NC(=O)O)c3F)cccc12. The number of hydrogen-bond donors (Lipinski definition) is 3. The molecule has 0 radical (unpaired) electrons. The Kier molecular flexibility index (Phi) is 5.93. The molecule has 3 rings (SSSR count). The molecule has 1 aromatic heterocycles. The smallest absolute Gasteiger partial charge is 0.405 e. The first kappa shape index (κ1) is 20.5. The van der Waals surface area contributed by atoms with Gasteiger partial charge in [0.2, 0.25) is 5.88 Å². The lowest BCUT2D eigenvalue weighted by molar-refractivity contribution is 0.190. The molecular formula is C21H20F2N2O4. The predicted molar refractivity (Wildman–Crippen MR) is 103 cm³/mol. The largest absolute Gasteiger partial charge is 0.478 e. The van der Waals surface area contributed by atoms with E-state index in [0.717, 1.165) is 12.1 Å². The molecule has 0 aliphatic carbocycles. The highest BCUT2D eigenvalue weighted by Gasteiger charge is 2.26. The number of ether oxygens (including phenoxy) is 1. The fraction of sp³-hybridized carbons (Fsp3) is 0.238. The summed E-state index contributed by atoms with van der Waals surface area (Å²) in [6.07, 6.45) is -1.47. The monoisotopic (exact) mass is 402 g/mol. The van der Waals surface area contributed by atoms with Gasteiger partial charge in [0.25, 0.3) is 0 Å². The number of carbonyl (C=O) groups is 1.